The Hall–Kier alpha value is -3.48. The molecule has 7 nitrogen and oxygen atoms in total. The van der Waals surface area contributed by atoms with Gasteiger partial charge in [0, 0.05) is 23.5 Å². The van der Waals surface area contributed by atoms with Crippen LogP contribution in [-0.2, 0) is 0 Å². The number of hydrogen-bond donors (Lipinski definition) is 2. The topological polar surface area (TPSA) is 92.6 Å². The van der Waals surface area contributed by atoms with Crippen LogP contribution in [0.4, 0.5) is 5.69 Å². The Labute approximate surface area is 162 Å². The van der Waals surface area contributed by atoms with E-state index in [9.17, 15) is 14.4 Å². The van der Waals surface area contributed by atoms with Crippen molar-refractivity contribution in [2.45, 2.75) is 33.2 Å². The summed E-state index contributed by atoms with van der Waals surface area (Å²) in [7, 11) is 0. The number of ketones is 1. The van der Waals surface area contributed by atoms with Crippen molar-refractivity contribution in [3.63, 3.8) is 0 Å². The van der Waals surface area contributed by atoms with Gasteiger partial charge in [-0.2, -0.15) is 0 Å². The first-order valence-corrected chi connectivity index (χ1v) is 9.11. The second-order valence-corrected chi connectivity index (χ2v) is 6.61. The number of carbonyl (C=O) groups is 3. The molecule has 0 aliphatic carbocycles. The van der Waals surface area contributed by atoms with E-state index in [-0.39, 0.29) is 29.3 Å². The highest BCUT2D eigenvalue weighted by molar-refractivity contribution is 6.06. The second-order valence-electron chi connectivity index (χ2n) is 6.61. The first-order valence-electron chi connectivity index (χ1n) is 9.11. The Bertz CT molecular complexity index is 1040. The van der Waals surface area contributed by atoms with Crippen LogP contribution in [0.2, 0.25) is 0 Å². The first-order chi connectivity index (χ1) is 13.4. The molecule has 3 aromatic rings. The molecule has 7 heteroatoms. The maximum atomic E-state index is 12.8. The molecule has 3 rings (SSSR count). The van der Waals surface area contributed by atoms with Gasteiger partial charge < -0.3 is 10.6 Å². The Morgan fingerprint density at radius 2 is 1.79 bits per heavy atom. The predicted octanol–water partition coefficient (Wildman–Crippen LogP) is 3.32. The number of nitrogens with one attached hydrogen (secondary N) is 2. The minimum absolute atomic E-state index is 0.00466. The molecular weight excluding hydrogens is 356 g/mol. The summed E-state index contributed by atoms with van der Waals surface area (Å²) >= 11 is 0. The molecule has 2 amide bonds. The summed E-state index contributed by atoms with van der Waals surface area (Å²) in [6.07, 6.45) is 2.48. The fourth-order valence-corrected chi connectivity index (χ4v) is 2.73. The predicted molar refractivity (Wildman–Crippen MR) is 107 cm³/mol. The molecule has 1 atom stereocenters. The molecule has 144 valence electrons. The van der Waals surface area contributed by atoms with Gasteiger partial charge in [-0.15, -0.1) is 0 Å². The van der Waals surface area contributed by atoms with Gasteiger partial charge in [0.2, 0.25) is 5.82 Å². The van der Waals surface area contributed by atoms with Gasteiger partial charge in [-0.1, -0.05) is 13.0 Å². The monoisotopic (exact) mass is 378 g/mol. The lowest BCUT2D eigenvalue weighted by Gasteiger charge is -2.09. The average Bonchev–Trinajstić information content (AvgIpc) is 3.08. The van der Waals surface area contributed by atoms with Gasteiger partial charge in [-0.05, 0) is 56.7 Å². The van der Waals surface area contributed by atoms with E-state index < -0.39 is 5.91 Å². The van der Waals surface area contributed by atoms with Gasteiger partial charge in [-0.3, -0.25) is 18.8 Å². The summed E-state index contributed by atoms with van der Waals surface area (Å²) < 4.78 is 1.59. The minimum Gasteiger partial charge on any atom is -0.348 e. The van der Waals surface area contributed by atoms with Crippen LogP contribution < -0.4 is 10.6 Å². The summed E-state index contributed by atoms with van der Waals surface area (Å²) in [4.78, 5) is 41.0. The number of imidazole rings is 1. The fraction of sp³-hybridized carbons (Fsp3) is 0.238. The van der Waals surface area contributed by atoms with Crippen LogP contribution in [0.25, 0.3) is 5.52 Å². The lowest BCUT2D eigenvalue weighted by Crippen LogP contribution is -2.32. The maximum Gasteiger partial charge on any atom is 0.292 e. The van der Waals surface area contributed by atoms with Crippen LogP contribution in [0.1, 0.15) is 58.7 Å². The molecule has 0 saturated carbocycles. The highest BCUT2D eigenvalue weighted by atomic mass is 16.2. The fourth-order valence-electron chi connectivity index (χ4n) is 2.73. The molecule has 1 aromatic carbocycles. The van der Waals surface area contributed by atoms with Crippen molar-refractivity contribution in [3.8, 4) is 0 Å². The summed E-state index contributed by atoms with van der Waals surface area (Å²) in [6.45, 7) is 5.37. The molecule has 2 aromatic heterocycles. The van der Waals surface area contributed by atoms with Crippen LogP contribution in [-0.4, -0.2) is 33.0 Å². The first kappa shape index (κ1) is 19.3. The number of rotatable bonds is 6. The van der Waals surface area contributed by atoms with E-state index >= 15 is 0 Å². The van der Waals surface area contributed by atoms with E-state index in [2.05, 4.69) is 15.6 Å². The molecule has 0 bridgehead atoms. The molecular formula is C21H22N4O3. The molecule has 0 spiro atoms. The number of pyridine rings is 1. The number of Topliss-reactive ketones (excluding diaryl/α,β-unsaturated/α-hetero) is 1. The summed E-state index contributed by atoms with van der Waals surface area (Å²) in [5.74, 6) is -0.697. The number of anilines is 1. The molecule has 1 unspecified atom stereocenters. The van der Waals surface area contributed by atoms with Crippen molar-refractivity contribution in [3.05, 3.63) is 65.7 Å². The van der Waals surface area contributed by atoms with Crippen molar-refractivity contribution < 1.29 is 14.4 Å². The molecule has 28 heavy (non-hydrogen) atoms. The highest BCUT2D eigenvalue weighted by Crippen LogP contribution is 2.16. The van der Waals surface area contributed by atoms with E-state index in [1.807, 2.05) is 13.8 Å². The quantitative estimate of drug-likeness (QED) is 0.644. The van der Waals surface area contributed by atoms with Crippen LogP contribution >= 0.6 is 0 Å². The standard InChI is InChI=1S/C21H22N4O3/c1-4-13(2)22-20(27)18-17-7-5-6-12-25(17)19(24-18)21(28)23-16-10-8-15(9-11-16)14(3)26/h5-13H,4H2,1-3H3,(H,22,27)(H,23,28). The SMILES string of the molecule is CCC(C)NC(=O)c1nc(C(=O)Nc2ccc(C(C)=O)cc2)n2ccccc12. The largest absolute Gasteiger partial charge is 0.348 e. The summed E-state index contributed by atoms with van der Waals surface area (Å²) in [5, 5.41) is 5.63. The smallest absolute Gasteiger partial charge is 0.292 e. The molecule has 0 fully saturated rings. The third-order valence-corrected chi connectivity index (χ3v) is 4.51. The Balaban J connectivity index is 1.91. The van der Waals surface area contributed by atoms with E-state index in [4.69, 9.17) is 0 Å². The van der Waals surface area contributed by atoms with Crippen molar-refractivity contribution in [2.75, 3.05) is 5.32 Å². The van der Waals surface area contributed by atoms with Gasteiger partial charge >= 0.3 is 0 Å². The molecule has 0 aliphatic heterocycles. The number of benzene rings is 1. The lowest BCUT2D eigenvalue weighted by molar-refractivity contribution is 0.0935. The van der Waals surface area contributed by atoms with Crippen molar-refractivity contribution in [1.82, 2.24) is 14.7 Å². The zero-order valence-electron chi connectivity index (χ0n) is 16.0. The minimum atomic E-state index is -0.445. The van der Waals surface area contributed by atoms with Crippen LogP contribution in [0, 0.1) is 0 Å². The Morgan fingerprint density at radius 1 is 1.07 bits per heavy atom. The van der Waals surface area contributed by atoms with Crippen molar-refractivity contribution >= 4 is 28.8 Å². The van der Waals surface area contributed by atoms with E-state index in [1.165, 1.54) is 6.92 Å². The Kier molecular flexibility index (Phi) is 5.54. The van der Waals surface area contributed by atoms with Crippen LogP contribution in [0.3, 0.4) is 0 Å². The van der Waals surface area contributed by atoms with Gasteiger partial charge in [-0.25, -0.2) is 4.98 Å². The van der Waals surface area contributed by atoms with E-state index in [0.717, 1.165) is 6.42 Å². The number of amides is 2. The Morgan fingerprint density at radius 3 is 2.43 bits per heavy atom. The van der Waals surface area contributed by atoms with E-state index in [1.54, 1.807) is 53.1 Å². The highest BCUT2D eigenvalue weighted by Gasteiger charge is 2.22. The van der Waals surface area contributed by atoms with Crippen molar-refractivity contribution in [1.29, 1.82) is 0 Å². The average molecular weight is 378 g/mol. The maximum absolute atomic E-state index is 12.8. The molecule has 2 N–H and O–H groups in total. The number of nitrogens with zero attached hydrogens (tertiary/aromatic N) is 2. The third kappa shape index (κ3) is 3.93. The number of aromatic nitrogens is 2. The summed E-state index contributed by atoms with van der Waals surface area (Å²) in [6, 6.07) is 11.9. The number of fused-ring (bicyclic) bond motifs is 1. The molecule has 0 aliphatic rings. The van der Waals surface area contributed by atoms with E-state index in [0.29, 0.717) is 16.8 Å². The number of hydrogen-bond acceptors (Lipinski definition) is 4. The second kappa shape index (κ2) is 8.04. The molecule has 0 radical (unpaired) electrons. The van der Waals surface area contributed by atoms with Crippen LogP contribution in [0.5, 0.6) is 0 Å². The lowest BCUT2D eigenvalue weighted by atomic mass is 10.1. The number of carbonyl (C=O) groups excluding carboxylic acids is 3. The van der Waals surface area contributed by atoms with Crippen LogP contribution in [0.15, 0.2) is 48.7 Å². The van der Waals surface area contributed by atoms with Gasteiger partial charge in [0.15, 0.2) is 11.5 Å². The zero-order valence-corrected chi connectivity index (χ0v) is 16.0. The third-order valence-electron chi connectivity index (χ3n) is 4.51. The zero-order chi connectivity index (χ0) is 20.3. The summed E-state index contributed by atoms with van der Waals surface area (Å²) in [5.41, 5.74) is 1.86. The van der Waals surface area contributed by atoms with Gasteiger partial charge in [0.1, 0.15) is 0 Å². The molecule has 0 saturated heterocycles. The normalized spacial score (nSPS) is 11.8. The van der Waals surface area contributed by atoms with Gasteiger partial charge in [0.05, 0.1) is 5.52 Å². The van der Waals surface area contributed by atoms with Crippen molar-refractivity contribution in [2.24, 2.45) is 0 Å². The van der Waals surface area contributed by atoms with Gasteiger partial charge in [0.25, 0.3) is 11.8 Å². The molecule has 2 heterocycles.